The quantitative estimate of drug-likeness (QED) is 0.627. The predicted octanol–water partition coefficient (Wildman–Crippen LogP) is 3.31. The van der Waals surface area contributed by atoms with E-state index in [0.29, 0.717) is 23.4 Å². The van der Waals surface area contributed by atoms with Crippen molar-refractivity contribution in [2.75, 3.05) is 11.9 Å². The molecule has 1 amide bonds. The Bertz CT molecular complexity index is 691. The van der Waals surface area contributed by atoms with Crippen LogP contribution >= 0.6 is 11.3 Å². The number of thiophene rings is 1. The van der Waals surface area contributed by atoms with Crippen molar-refractivity contribution in [2.45, 2.75) is 33.6 Å². The summed E-state index contributed by atoms with van der Waals surface area (Å²) in [6.45, 7) is 5.77. The largest absolute Gasteiger partial charge is 0.481 e. The number of hydrogen-bond donors (Lipinski definition) is 2. The minimum Gasteiger partial charge on any atom is -0.481 e. The van der Waals surface area contributed by atoms with Gasteiger partial charge in [0.05, 0.1) is 24.0 Å². The predicted molar refractivity (Wildman–Crippen MR) is 91.1 cm³/mol. The number of esters is 1. The molecular weight excluding hydrogens is 330 g/mol. The van der Waals surface area contributed by atoms with Gasteiger partial charge in [0.1, 0.15) is 5.00 Å². The van der Waals surface area contributed by atoms with Gasteiger partial charge in [0.15, 0.2) is 0 Å². The van der Waals surface area contributed by atoms with Crippen LogP contribution in [0.25, 0.3) is 0 Å². The molecule has 0 saturated carbocycles. The van der Waals surface area contributed by atoms with Crippen LogP contribution in [0.4, 0.5) is 5.00 Å². The summed E-state index contributed by atoms with van der Waals surface area (Å²) in [5.74, 6) is -3.25. The van der Waals surface area contributed by atoms with Crippen LogP contribution < -0.4 is 5.32 Å². The van der Waals surface area contributed by atoms with Gasteiger partial charge < -0.3 is 15.2 Å². The third kappa shape index (κ3) is 3.84. The van der Waals surface area contributed by atoms with Crippen molar-refractivity contribution in [3.8, 4) is 0 Å². The zero-order chi connectivity index (χ0) is 17.9. The molecule has 0 aliphatic heterocycles. The Morgan fingerprint density at radius 3 is 2.46 bits per heavy atom. The van der Waals surface area contributed by atoms with Crippen LogP contribution in [0.15, 0.2) is 22.6 Å². The van der Waals surface area contributed by atoms with Gasteiger partial charge in [0, 0.05) is 0 Å². The fraction of sp³-hybridized carbons (Fsp3) is 0.471. The van der Waals surface area contributed by atoms with Crippen molar-refractivity contribution < 1.29 is 24.2 Å². The third-order valence-corrected chi connectivity index (χ3v) is 5.15. The lowest BCUT2D eigenvalue weighted by molar-refractivity contribution is -0.146. The van der Waals surface area contributed by atoms with E-state index in [2.05, 4.69) is 5.32 Å². The summed E-state index contributed by atoms with van der Waals surface area (Å²) < 4.78 is 4.96. The van der Waals surface area contributed by atoms with Crippen molar-refractivity contribution in [2.24, 2.45) is 11.8 Å². The Hall–Kier alpha value is -2.15. The molecule has 7 heteroatoms. The molecule has 1 heterocycles. The first-order chi connectivity index (χ1) is 11.3. The molecule has 0 saturated heterocycles. The Labute approximate surface area is 144 Å². The number of allylic oxidation sites excluding steroid dienone is 2. The smallest absolute Gasteiger partial charge is 0.341 e. The molecule has 0 fully saturated rings. The second-order valence-electron chi connectivity index (χ2n) is 5.89. The lowest BCUT2D eigenvalue weighted by Crippen LogP contribution is -2.36. The first-order valence-corrected chi connectivity index (χ1v) is 8.66. The molecule has 0 unspecified atom stereocenters. The van der Waals surface area contributed by atoms with E-state index in [-0.39, 0.29) is 12.5 Å². The lowest BCUT2D eigenvalue weighted by Gasteiger charge is -2.29. The molecule has 0 radical (unpaired) electrons. The molecule has 0 bridgehead atoms. The number of rotatable bonds is 5. The van der Waals surface area contributed by atoms with Crippen LogP contribution in [-0.2, 0) is 14.3 Å². The molecular formula is C17H21NO5S. The second kappa shape index (κ2) is 7.61. The molecule has 130 valence electrons. The molecule has 0 spiro atoms. The minimum absolute atomic E-state index is 0.245. The number of amides is 1. The number of carboxylic acids is 1. The molecule has 2 rings (SSSR count). The fourth-order valence-electron chi connectivity index (χ4n) is 2.81. The van der Waals surface area contributed by atoms with Crippen LogP contribution in [0.5, 0.6) is 0 Å². The topological polar surface area (TPSA) is 92.7 Å². The Kier molecular flexibility index (Phi) is 5.77. The van der Waals surface area contributed by atoms with Crippen molar-refractivity contribution in [1.29, 1.82) is 0 Å². The van der Waals surface area contributed by atoms with Crippen LogP contribution in [0, 0.1) is 11.8 Å². The number of carbonyl (C=O) groups is 3. The van der Waals surface area contributed by atoms with Crippen molar-refractivity contribution in [3.05, 3.63) is 28.2 Å². The number of aliphatic carboxylic acids is 1. The zero-order valence-corrected chi connectivity index (χ0v) is 14.7. The van der Waals surface area contributed by atoms with Gasteiger partial charge in [-0.15, -0.1) is 11.3 Å². The van der Waals surface area contributed by atoms with Crippen molar-refractivity contribution >= 4 is 34.2 Å². The maximum atomic E-state index is 12.6. The van der Waals surface area contributed by atoms with Crippen molar-refractivity contribution in [1.82, 2.24) is 0 Å². The van der Waals surface area contributed by atoms with E-state index in [4.69, 9.17) is 4.74 Å². The highest BCUT2D eigenvalue weighted by Gasteiger charge is 2.37. The number of ether oxygens (including phenoxy) is 1. The fourth-order valence-corrected chi connectivity index (χ4v) is 3.59. The first kappa shape index (κ1) is 18.2. The summed E-state index contributed by atoms with van der Waals surface area (Å²) >= 11 is 1.21. The van der Waals surface area contributed by atoms with Gasteiger partial charge in [0.2, 0.25) is 5.91 Å². The van der Waals surface area contributed by atoms with Gasteiger partial charge >= 0.3 is 11.9 Å². The molecule has 0 aromatic carbocycles. The Morgan fingerprint density at radius 2 is 1.88 bits per heavy atom. The molecule has 1 aromatic rings. The highest BCUT2D eigenvalue weighted by Crippen LogP contribution is 2.35. The van der Waals surface area contributed by atoms with Gasteiger partial charge in [-0.05, 0) is 45.1 Å². The zero-order valence-electron chi connectivity index (χ0n) is 13.9. The molecule has 1 aliphatic carbocycles. The SMILES string of the molecule is CCOC(=O)c1ccsc1NC(=O)[C@H]1CC(C)=C(C)C[C@H]1C(=O)O. The Balaban J connectivity index is 2.19. The average molecular weight is 351 g/mol. The normalized spacial score (nSPS) is 20.6. The number of anilines is 1. The van der Waals surface area contributed by atoms with E-state index in [9.17, 15) is 19.5 Å². The summed E-state index contributed by atoms with van der Waals surface area (Å²) in [7, 11) is 0. The molecule has 24 heavy (non-hydrogen) atoms. The average Bonchev–Trinajstić information content (AvgIpc) is 2.97. The summed E-state index contributed by atoms with van der Waals surface area (Å²) in [5, 5.41) is 14.2. The summed E-state index contributed by atoms with van der Waals surface area (Å²) in [6.07, 6.45) is 0.781. The number of carbonyl (C=O) groups excluding carboxylic acids is 2. The second-order valence-corrected chi connectivity index (χ2v) is 6.81. The summed E-state index contributed by atoms with van der Waals surface area (Å²) in [5.41, 5.74) is 2.36. The molecule has 1 aliphatic rings. The van der Waals surface area contributed by atoms with Gasteiger partial charge in [-0.25, -0.2) is 4.79 Å². The third-order valence-electron chi connectivity index (χ3n) is 4.32. The summed E-state index contributed by atoms with van der Waals surface area (Å²) in [6, 6.07) is 1.59. The van der Waals surface area contributed by atoms with Crippen LogP contribution in [-0.4, -0.2) is 29.6 Å². The Morgan fingerprint density at radius 1 is 1.25 bits per heavy atom. The lowest BCUT2D eigenvalue weighted by atomic mass is 9.76. The maximum Gasteiger partial charge on any atom is 0.341 e. The van der Waals surface area contributed by atoms with Crippen LogP contribution in [0.3, 0.4) is 0 Å². The highest BCUT2D eigenvalue weighted by atomic mass is 32.1. The van der Waals surface area contributed by atoms with Crippen LogP contribution in [0.1, 0.15) is 44.0 Å². The van der Waals surface area contributed by atoms with Gasteiger partial charge in [-0.2, -0.15) is 0 Å². The monoisotopic (exact) mass is 351 g/mol. The maximum absolute atomic E-state index is 12.6. The van der Waals surface area contributed by atoms with E-state index >= 15 is 0 Å². The van der Waals surface area contributed by atoms with Crippen molar-refractivity contribution in [3.63, 3.8) is 0 Å². The van der Waals surface area contributed by atoms with Crippen LogP contribution in [0.2, 0.25) is 0 Å². The number of carboxylic acid groups (broad SMARTS) is 1. The first-order valence-electron chi connectivity index (χ1n) is 7.78. The van der Waals surface area contributed by atoms with E-state index in [1.165, 1.54) is 11.3 Å². The van der Waals surface area contributed by atoms with E-state index in [0.717, 1.165) is 11.1 Å². The number of nitrogens with one attached hydrogen (secondary N) is 1. The standard InChI is InChI=1S/C17H21NO5S/c1-4-23-17(22)11-5-6-24-15(11)18-14(19)12-7-9(2)10(3)8-13(12)16(20)21/h5-6,12-13H,4,7-8H2,1-3H3,(H,18,19)(H,20,21)/t12-,13+/m0/s1. The molecule has 6 nitrogen and oxygen atoms in total. The molecule has 1 aromatic heterocycles. The minimum atomic E-state index is -0.973. The number of hydrogen-bond acceptors (Lipinski definition) is 5. The van der Waals surface area contributed by atoms with Gasteiger partial charge in [-0.1, -0.05) is 11.1 Å². The molecule has 2 N–H and O–H groups in total. The molecule has 2 atom stereocenters. The van der Waals surface area contributed by atoms with Gasteiger partial charge in [0.25, 0.3) is 0 Å². The summed E-state index contributed by atoms with van der Waals surface area (Å²) in [4.78, 5) is 36.0. The highest BCUT2D eigenvalue weighted by molar-refractivity contribution is 7.14. The van der Waals surface area contributed by atoms with E-state index in [1.54, 1.807) is 18.4 Å². The van der Waals surface area contributed by atoms with E-state index in [1.807, 2.05) is 13.8 Å². The van der Waals surface area contributed by atoms with Gasteiger partial charge in [-0.3, -0.25) is 9.59 Å². The van der Waals surface area contributed by atoms with E-state index < -0.39 is 23.8 Å².